The SMILES string of the molecule is CN(C)c1nccc(Oc2ccc(Br)cc2CN)n1. The minimum Gasteiger partial charge on any atom is -0.439 e. The van der Waals surface area contributed by atoms with E-state index in [4.69, 9.17) is 10.5 Å². The van der Waals surface area contributed by atoms with Gasteiger partial charge in [0.2, 0.25) is 11.8 Å². The molecule has 100 valence electrons. The maximum Gasteiger partial charge on any atom is 0.228 e. The predicted molar refractivity (Wildman–Crippen MR) is 78.5 cm³/mol. The molecular weight excluding hydrogens is 308 g/mol. The average molecular weight is 323 g/mol. The molecule has 0 amide bonds. The van der Waals surface area contributed by atoms with E-state index in [0.717, 1.165) is 10.0 Å². The second-order valence-electron chi connectivity index (χ2n) is 4.15. The van der Waals surface area contributed by atoms with Gasteiger partial charge < -0.3 is 15.4 Å². The molecule has 0 atom stereocenters. The number of nitrogens with two attached hydrogens (primary N) is 1. The molecule has 1 aromatic carbocycles. The van der Waals surface area contributed by atoms with Crippen molar-refractivity contribution in [3.05, 3.63) is 40.5 Å². The highest BCUT2D eigenvalue weighted by molar-refractivity contribution is 9.10. The highest BCUT2D eigenvalue weighted by Crippen LogP contribution is 2.27. The van der Waals surface area contributed by atoms with Crippen molar-refractivity contribution >= 4 is 21.9 Å². The molecule has 0 saturated heterocycles. The average Bonchev–Trinajstić information content (AvgIpc) is 2.41. The number of benzene rings is 1. The lowest BCUT2D eigenvalue weighted by atomic mass is 10.2. The molecule has 6 heteroatoms. The van der Waals surface area contributed by atoms with E-state index in [1.54, 1.807) is 12.3 Å². The molecule has 0 spiro atoms. The Kier molecular flexibility index (Phi) is 4.34. The quantitative estimate of drug-likeness (QED) is 0.937. The number of ether oxygens (including phenoxy) is 1. The Balaban J connectivity index is 2.28. The Bertz CT molecular complexity index is 574. The van der Waals surface area contributed by atoms with Crippen molar-refractivity contribution in [2.45, 2.75) is 6.54 Å². The molecule has 19 heavy (non-hydrogen) atoms. The normalized spacial score (nSPS) is 10.3. The lowest BCUT2D eigenvalue weighted by molar-refractivity contribution is 0.456. The summed E-state index contributed by atoms with van der Waals surface area (Å²) in [6.45, 7) is 0.403. The lowest BCUT2D eigenvalue weighted by Gasteiger charge is -2.12. The summed E-state index contributed by atoms with van der Waals surface area (Å²) in [5.41, 5.74) is 6.63. The van der Waals surface area contributed by atoms with Gasteiger partial charge in [0.1, 0.15) is 5.75 Å². The van der Waals surface area contributed by atoms with Crippen LogP contribution in [0, 0.1) is 0 Å². The van der Waals surface area contributed by atoms with Crippen molar-refractivity contribution in [1.82, 2.24) is 9.97 Å². The molecule has 1 heterocycles. The van der Waals surface area contributed by atoms with Crippen LogP contribution < -0.4 is 15.4 Å². The summed E-state index contributed by atoms with van der Waals surface area (Å²) < 4.78 is 6.74. The first-order chi connectivity index (χ1) is 9.10. The Morgan fingerprint density at radius 1 is 1.32 bits per heavy atom. The largest absolute Gasteiger partial charge is 0.439 e. The monoisotopic (exact) mass is 322 g/mol. The van der Waals surface area contributed by atoms with Crippen LogP contribution in [-0.4, -0.2) is 24.1 Å². The second-order valence-corrected chi connectivity index (χ2v) is 5.06. The molecule has 0 unspecified atom stereocenters. The van der Waals surface area contributed by atoms with Crippen molar-refractivity contribution < 1.29 is 4.74 Å². The third-order valence-corrected chi connectivity index (χ3v) is 2.97. The fraction of sp³-hybridized carbons (Fsp3) is 0.231. The molecule has 0 fully saturated rings. The van der Waals surface area contributed by atoms with E-state index < -0.39 is 0 Å². The van der Waals surface area contributed by atoms with Crippen LogP contribution in [-0.2, 0) is 6.54 Å². The van der Waals surface area contributed by atoms with Crippen LogP contribution in [0.1, 0.15) is 5.56 Å². The summed E-state index contributed by atoms with van der Waals surface area (Å²) in [6, 6.07) is 7.42. The number of halogens is 1. The van der Waals surface area contributed by atoms with Gasteiger partial charge in [-0.1, -0.05) is 15.9 Å². The predicted octanol–water partition coefficient (Wildman–Crippen LogP) is 2.56. The van der Waals surface area contributed by atoms with Gasteiger partial charge in [-0.3, -0.25) is 0 Å². The van der Waals surface area contributed by atoms with Crippen molar-refractivity contribution in [1.29, 1.82) is 0 Å². The van der Waals surface area contributed by atoms with Gasteiger partial charge in [-0.25, -0.2) is 4.98 Å². The topological polar surface area (TPSA) is 64.3 Å². The highest BCUT2D eigenvalue weighted by Gasteiger charge is 2.07. The Morgan fingerprint density at radius 2 is 2.11 bits per heavy atom. The Labute approximate surface area is 120 Å². The van der Waals surface area contributed by atoms with Crippen LogP contribution in [0.25, 0.3) is 0 Å². The number of hydrogen-bond donors (Lipinski definition) is 1. The van der Waals surface area contributed by atoms with Crippen LogP contribution >= 0.6 is 15.9 Å². The van der Waals surface area contributed by atoms with E-state index in [2.05, 4.69) is 25.9 Å². The second kappa shape index (κ2) is 5.99. The minimum absolute atomic E-state index is 0.403. The first-order valence-electron chi connectivity index (χ1n) is 5.77. The summed E-state index contributed by atoms with van der Waals surface area (Å²) in [5, 5.41) is 0. The van der Waals surface area contributed by atoms with Gasteiger partial charge in [-0.05, 0) is 18.2 Å². The van der Waals surface area contributed by atoms with Gasteiger partial charge in [0.25, 0.3) is 0 Å². The van der Waals surface area contributed by atoms with Gasteiger partial charge in [-0.15, -0.1) is 0 Å². The van der Waals surface area contributed by atoms with E-state index in [9.17, 15) is 0 Å². The molecule has 0 radical (unpaired) electrons. The maximum atomic E-state index is 5.77. The third kappa shape index (κ3) is 3.42. The lowest BCUT2D eigenvalue weighted by Crippen LogP contribution is -2.12. The van der Waals surface area contributed by atoms with Gasteiger partial charge in [0.15, 0.2) is 0 Å². The molecule has 0 aliphatic rings. The number of anilines is 1. The summed E-state index contributed by atoms with van der Waals surface area (Å²) in [6.07, 6.45) is 1.67. The van der Waals surface area contributed by atoms with E-state index >= 15 is 0 Å². The Morgan fingerprint density at radius 3 is 2.79 bits per heavy atom. The summed E-state index contributed by atoms with van der Waals surface area (Å²) in [4.78, 5) is 10.3. The third-order valence-electron chi connectivity index (χ3n) is 2.47. The number of aromatic nitrogens is 2. The first-order valence-corrected chi connectivity index (χ1v) is 6.56. The van der Waals surface area contributed by atoms with E-state index in [1.165, 1.54) is 0 Å². The van der Waals surface area contributed by atoms with Crippen LogP contribution in [0.3, 0.4) is 0 Å². The molecule has 1 aromatic heterocycles. The number of rotatable bonds is 4. The van der Waals surface area contributed by atoms with Crippen molar-refractivity contribution in [2.24, 2.45) is 5.73 Å². The molecule has 0 bridgehead atoms. The van der Waals surface area contributed by atoms with Gasteiger partial charge in [-0.2, -0.15) is 4.98 Å². The number of hydrogen-bond acceptors (Lipinski definition) is 5. The van der Waals surface area contributed by atoms with Crippen LogP contribution in [0.2, 0.25) is 0 Å². The fourth-order valence-electron chi connectivity index (χ4n) is 1.52. The first kappa shape index (κ1) is 13.8. The maximum absolute atomic E-state index is 5.77. The van der Waals surface area contributed by atoms with Gasteiger partial charge >= 0.3 is 0 Å². The molecule has 2 rings (SSSR count). The minimum atomic E-state index is 0.403. The molecular formula is C13H15BrN4O. The molecule has 0 aliphatic carbocycles. The number of nitrogens with zero attached hydrogens (tertiary/aromatic N) is 3. The molecule has 2 aromatic rings. The van der Waals surface area contributed by atoms with Crippen molar-refractivity contribution in [3.63, 3.8) is 0 Å². The van der Waals surface area contributed by atoms with Gasteiger partial charge in [0.05, 0.1) is 0 Å². The van der Waals surface area contributed by atoms with E-state index in [-0.39, 0.29) is 0 Å². The molecule has 0 aliphatic heterocycles. The zero-order valence-electron chi connectivity index (χ0n) is 10.8. The zero-order chi connectivity index (χ0) is 13.8. The van der Waals surface area contributed by atoms with Crippen molar-refractivity contribution in [3.8, 4) is 11.6 Å². The molecule has 2 N–H and O–H groups in total. The van der Waals surface area contributed by atoms with Crippen LogP contribution in [0.5, 0.6) is 11.6 Å². The summed E-state index contributed by atoms with van der Waals surface area (Å²) in [5.74, 6) is 1.80. The fourth-order valence-corrected chi connectivity index (χ4v) is 1.93. The Hall–Kier alpha value is -1.66. The molecule has 0 saturated carbocycles. The zero-order valence-corrected chi connectivity index (χ0v) is 12.4. The smallest absolute Gasteiger partial charge is 0.228 e. The van der Waals surface area contributed by atoms with Crippen LogP contribution in [0.15, 0.2) is 34.9 Å². The standard InChI is InChI=1S/C13H15BrN4O/c1-18(2)13-16-6-5-12(17-13)19-11-4-3-10(14)7-9(11)8-15/h3-7H,8,15H2,1-2H3. The molecule has 5 nitrogen and oxygen atoms in total. The van der Waals surface area contributed by atoms with E-state index in [0.29, 0.717) is 24.1 Å². The van der Waals surface area contributed by atoms with Crippen LogP contribution in [0.4, 0.5) is 5.95 Å². The van der Waals surface area contributed by atoms with E-state index in [1.807, 2.05) is 37.2 Å². The van der Waals surface area contributed by atoms with Gasteiger partial charge in [0, 0.05) is 42.9 Å². The summed E-state index contributed by atoms with van der Waals surface area (Å²) >= 11 is 3.41. The van der Waals surface area contributed by atoms with Crippen molar-refractivity contribution in [2.75, 3.05) is 19.0 Å². The highest BCUT2D eigenvalue weighted by atomic mass is 79.9. The summed E-state index contributed by atoms with van der Waals surface area (Å²) in [7, 11) is 3.76.